The van der Waals surface area contributed by atoms with Crippen LogP contribution in [0.4, 0.5) is 0 Å². The van der Waals surface area contributed by atoms with Gasteiger partial charge >= 0.3 is 5.97 Å². The van der Waals surface area contributed by atoms with Crippen molar-refractivity contribution in [3.8, 4) is 11.3 Å². The van der Waals surface area contributed by atoms with Gasteiger partial charge < -0.3 is 14.2 Å². The van der Waals surface area contributed by atoms with Crippen LogP contribution in [-0.2, 0) is 4.74 Å². The zero-order chi connectivity index (χ0) is 15.2. The molecule has 0 bridgehead atoms. The first-order valence-electron chi connectivity index (χ1n) is 6.70. The van der Waals surface area contributed by atoms with E-state index in [1.165, 1.54) is 0 Å². The van der Waals surface area contributed by atoms with E-state index in [2.05, 4.69) is 5.16 Å². The molecule has 0 amide bonds. The van der Waals surface area contributed by atoms with Crippen molar-refractivity contribution in [1.82, 2.24) is 10.1 Å². The van der Waals surface area contributed by atoms with Crippen LogP contribution in [0.1, 0.15) is 23.0 Å². The topological polar surface area (TPSA) is 55.6 Å². The Balaban J connectivity index is 2.48. The SMILES string of the molecule is CCOC(=O)c1c(-c2ccccc2)noc1/C=C/N(C)C. The first-order valence-corrected chi connectivity index (χ1v) is 6.70. The maximum Gasteiger partial charge on any atom is 0.344 e. The molecule has 0 aliphatic heterocycles. The van der Waals surface area contributed by atoms with E-state index in [1.54, 1.807) is 19.2 Å². The van der Waals surface area contributed by atoms with Crippen LogP contribution >= 0.6 is 0 Å². The molecule has 0 aliphatic carbocycles. The molecule has 0 saturated heterocycles. The van der Waals surface area contributed by atoms with Crippen molar-refractivity contribution in [2.75, 3.05) is 20.7 Å². The van der Waals surface area contributed by atoms with Gasteiger partial charge in [-0.25, -0.2) is 4.79 Å². The molecule has 0 aliphatic rings. The van der Waals surface area contributed by atoms with Crippen LogP contribution in [0.25, 0.3) is 17.3 Å². The summed E-state index contributed by atoms with van der Waals surface area (Å²) in [4.78, 5) is 14.0. The Bertz CT molecular complexity index is 630. The summed E-state index contributed by atoms with van der Waals surface area (Å²) in [7, 11) is 3.77. The normalized spacial score (nSPS) is 10.8. The predicted octanol–water partition coefficient (Wildman–Crippen LogP) is 3.05. The summed E-state index contributed by atoms with van der Waals surface area (Å²) in [5, 5.41) is 4.02. The van der Waals surface area contributed by atoms with Gasteiger partial charge in [0.1, 0.15) is 11.3 Å². The smallest absolute Gasteiger partial charge is 0.344 e. The molecule has 21 heavy (non-hydrogen) atoms. The van der Waals surface area contributed by atoms with E-state index in [0.717, 1.165) is 5.56 Å². The summed E-state index contributed by atoms with van der Waals surface area (Å²) >= 11 is 0. The number of esters is 1. The Hall–Kier alpha value is -2.56. The highest BCUT2D eigenvalue weighted by Gasteiger charge is 2.23. The Morgan fingerprint density at radius 1 is 1.33 bits per heavy atom. The summed E-state index contributed by atoms with van der Waals surface area (Å²) in [5.74, 6) is -0.0444. The van der Waals surface area contributed by atoms with E-state index in [4.69, 9.17) is 9.26 Å². The lowest BCUT2D eigenvalue weighted by Crippen LogP contribution is -2.07. The summed E-state index contributed by atoms with van der Waals surface area (Å²) in [5.41, 5.74) is 1.66. The molecule has 0 radical (unpaired) electrons. The Morgan fingerprint density at radius 2 is 2.05 bits per heavy atom. The van der Waals surface area contributed by atoms with E-state index >= 15 is 0 Å². The number of carbonyl (C=O) groups is 1. The van der Waals surface area contributed by atoms with Crippen LogP contribution in [0, 0.1) is 0 Å². The number of carbonyl (C=O) groups excluding carboxylic acids is 1. The average molecular weight is 286 g/mol. The zero-order valence-electron chi connectivity index (χ0n) is 12.4. The minimum absolute atomic E-state index is 0.301. The van der Waals surface area contributed by atoms with Gasteiger partial charge in [-0.2, -0.15) is 0 Å². The van der Waals surface area contributed by atoms with Crippen molar-refractivity contribution in [3.05, 3.63) is 47.9 Å². The first kappa shape index (κ1) is 14.8. The maximum atomic E-state index is 12.2. The molecule has 0 spiro atoms. The van der Waals surface area contributed by atoms with Gasteiger partial charge in [0, 0.05) is 31.9 Å². The number of aromatic nitrogens is 1. The molecule has 5 nitrogen and oxygen atoms in total. The Labute approximate surface area is 123 Å². The average Bonchev–Trinajstić information content (AvgIpc) is 2.90. The van der Waals surface area contributed by atoms with Crippen LogP contribution in [0.15, 0.2) is 41.1 Å². The van der Waals surface area contributed by atoms with Crippen molar-refractivity contribution in [2.45, 2.75) is 6.92 Å². The predicted molar refractivity (Wildman–Crippen MR) is 80.6 cm³/mol. The van der Waals surface area contributed by atoms with Crippen molar-refractivity contribution < 1.29 is 14.1 Å². The third-order valence-electron chi connectivity index (χ3n) is 2.77. The fraction of sp³-hybridized carbons (Fsp3) is 0.250. The number of ether oxygens (including phenoxy) is 1. The second-order valence-corrected chi connectivity index (χ2v) is 4.64. The van der Waals surface area contributed by atoms with Crippen LogP contribution in [0.2, 0.25) is 0 Å². The van der Waals surface area contributed by atoms with E-state index in [0.29, 0.717) is 23.6 Å². The standard InChI is InChI=1S/C16H18N2O3/c1-4-20-16(19)14-13(10-11-18(2)3)21-17-15(14)12-8-6-5-7-9-12/h5-11H,4H2,1-3H3/b11-10+. The number of hydrogen-bond donors (Lipinski definition) is 0. The number of nitrogens with zero attached hydrogens (tertiary/aromatic N) is 2. The Morgan fingerprint density at radius 3 is 2.67 bits per heavy atom. The van der Waals surface area contributed by atoms with Crippen molar-refractivity contribution >= 4 is 12.0 Å². The monoisotopic (exact) mass is 286 g/mol. The van der Waals surface area contributed by atoms with E-state index in [1.807, 2.05) is 49.3 Å². The van der Waals surface area contributed by atoms with Gasteiger partial charge in [-0.05, 0) is 6.92 Å². The lowest BCUT2D eigenvalue weighted by atomic mass is 10.1. The highest BCUT2D eigenvalue weighted by molar-refractivity contribution is 5.99. The van der Waals surface area contributed by atoms with E-state index < -0.39 is 5.97 Å². The van der Waals surface area contributed by atoms with Gasteiger partial charge in [0.05, 0.1) is 6.61 Å². The maximum absolute atomic E-state index is 12.2. The molecule has 0 unspecified atom stereocenters. The summed E-state index contributed by atoms with van der Waals surface area (Å²) < 4.78 is 10.4. The summed E-state index contributed by atoms with van der Waals surface area (Å²) in [6.45, 7) is 2.07. The lowest BCUT2D eigenvalue weighted by Gasteiger charge is -2.04. The molecule has 0 N–H and O–H groups in total. The number of hydrogen-bond acceptors (Lipinski definition) is 5. The zero-order valence-corrected chi connectivity index (χ0v) is 12.4. The number of rotatable bonds is 5. The molecular weight excluding hydrogens is 268 g/mol. The minimum atomic E-state index is -0.434. The fourth-order valence-electron chi connectivity index (χ4n) is 1.83. The summed E-state index contributed by atoms with van der Waals surface area (Å²) in [6.07, 6.45) is 3.49. The molecule has 2 aromatic rings. The third-order valence-corrected chi connectivity index (χ3v) is 2.77. The molecule has 110 valence electrons. The van der Waals surface area contributed by atoms with Gasteiger partial charge in [0.25, 0.3) is 0 Å². The largest absolute Gasteiger partial charge is 0.462 e. The van der Waals surface area contributed by atoms with Crippen LogP contribution < -0.4 is 0 Å². The molecule has 0 saturated carbocycles. The lowest BCUT2D eigenvalue weighted by molar-refractivity contribution is 0.0526. The van der Waals surface area contributed by atoms with Crippen LogP contribution in [0.3, 0.4) is 0 Å². The molecule has 1 aromatic carbocycles. The van der Waals surface area contributed by atoms with Gasteiger partial charge in [-0.15, -0.1) is 0 Å². The molecule has 1 aromatic heterocycles. The van der Waals surface area contributed by atoms with Crippen molar-refractivity contribution in [2.24, 2.45) is 0 Å². The van der Waals surface area contributed by atoms with Crippen molar-refractivity contribution in [1.29, 1.82) is 0 Å². The number of benzene rings is 1. The minimum Gasteiger partial charge on any atom is -0.462 e. The van der Waals surface area contributed by atoms with E-state index in [9.17, 15) is 4.79 Å². The van der Waals surface area contributed by atoms with Gasteiger partial charge in [-0.1, -0.05) is 35.5 Å². The van der Waals surface area contributed by atoms with E-state index in [-0.39, 0.29) is 0 Å². The van der Waals surface area contributed by atoms with Crippen molar-refractivity contribution in [3.63, 3.8) is 0 Å². The quantitative estimate of drug-likeness (QED) is 0.791. The van der Waals surface area contributed by atoms with Crippen LogP contribution in [-0.4, -0.2) is 36.7 Å². The van der Waals surface area contributed by atoms with Crippen LogP contribution in [0.5, 0.6) is 0 Å². The Kier molecular flexibility index (Phi) is 4.77. The van der Waals surface area contributed by atoms with Gasteiger partial charge in [-0.3, -0.25) is 0 Å². The third kappa shape index (κ3) is 3.51. The summed E-state index contributed by atoms with van der Waals surface area (Å²) in [6, 6.07) is 9.42. The molecule has 2 rings (SSSR count). The first-order chi connectivity index (χ1) is 10.1. The van der Waals surface area contributed by atoms with Gasteiger partial charge in [0.2, 0.25) is 0 Å². The molecule has 0 atom stereocenters. The molecule has 5 heteroatoms. The highest BCUT2D eigenvalue weighted by atomic mass is 16.5. The molecular formula is C16H18N2O3. The molecule has 1 heterocycles. The second kappa shape index (κ2) is 6.74. The second-order valence-electron chi connectivity index (χ2n) is 4.64. The molecule has 0 fully saturated rings. The van der Waals surface area contributed by atoms with Gasteiger partial charge in [0.15, 0.2) is 5.76 Å². The highest BCUT2D eigenvalue weighted by Crippen LogP contribution is 2.27. The fourth-order valence-corrected chi connectivity index (χ4v) is 1.83.